The molecule has 0 aliphatic carbocycles. The molecule has 21 heavy (non-hydrogen) atoms. The lowest BCUT2D eigenvalue weighted by atomic mass is 10.1. The quantitative estimate of drug-likeness (QED) is 0.804. The zero-order valence-corrected chi connectivity index (χ0v) is 12.9. The van der Waals surface area contributed by atoms with Crippen molar-refractivity contribution in [3.05, 3.63) is 0 Å². The highest BCUT2D eigenvalue weighted by Crippen LogP contribution is 2.20. The molecule has 2 fully saturated rings. The first-order valence-electron chi connectivity index (χ1n) is 8.05. The van der Waals surface area contributed by atoms with E-state index in [2.05, 4.69) is 10.2 Å². The van der Waals surface area contributed by atoms with Crippen LogP contribution >= 0.6 is 0 Å². The molecule has 2 aliphatic heterocycles. The molecule has 0 aromatic heterocycles. The van der Waals surface area contributed by atoms with E-state index in [1.165, 1.54) is 19.3 Å². The first-order chi connectivity index (χ1) is 10.1. The number of piperidine rings is 1. The van der Waals surface area contributed by atoms with E-state index in [0.29, 0.717) is 12.6 Å². The van der Waals surface area contributed by atoms with Gasteiger partial charge < -0.3 is 15.3 Å². The zero-order chi connectivity index (χ0) is 15.2. The number of amides is 2. The standard InChI is InChI=1S/C15H27N3O3/c1-12(9-14(19)20)10-16-15(21)18-8-5-13(11-18)17-6-3-2-4-7-17/h12-13H,2-11H2,1H3,(H,16,21)(H,19,20). The number of hydrogen-bond acceptors (Lipinski definition) is 3. The number of carbonyl (C=O) groups excluding carboxylic acids is 1. The van der Waals surface area contributed by atoms with Gasteiger partial charge >= 0.3 is 12.0 Å². The second-order valence-electron chi connectivity index (χ2n) is 6.37. The minimum atomic E-state index is -0.817. The summed E-state index contributed by atoms with van der Waals surface area (Å²) in [5.74, 6) is -0.852. The second-order valence-corrected chi connectivity index (χ2v) is 6.37. The Kier molecular flexibility index (Phi) is 5.85. The molecule has 2 unspecified atom stereocenters. The molecular weight excluding hydrogens is 270 g/mol. The SMILES string of the molecule is CC(CNC(=O)N1CCC(N2CCCCC2)C1)CC(=O)O. The van der Waals surface area contributed by atoms with Crippen LogP contribution in [-0.2, 0) is 4.79 Å². The molecule has 0 saturated carbocycles. The van der Waals surface area contributed by atoms with Crippen molar-refractivity contribution in [1.82, 2.24) is 15.1 Å². The maximum absolute atomic E-state index is 12.1. The van der Waals surface area contributed by atoms with Gasteiger partial charge in [0.25, 0.3) is 0 Å². The summed E-state index contributed by atoms with van der Waals surface area (Å²) in [5.41, 5.74) is 0. The van der Waals surface area contributed by atoms with Gasteiger partial charge in [-0.15, -0.1) is 0 Å². The topological polar surface area (TPSA) is 72.9 Å². The van der Waals surface area contributed by atoms with Gasteiger partial charge in [-0.2, -0.15) is 0 Å². The van der Waals surface area contributed by atoms with Crippen molar-refractivity contribution < 1.29 is 14.7 Å². The number of aliphatic carboxylic acids is 1. The lowest BCUT2D eigenvalue weighted by Gasteiger charge is -2.32. The Labute approximate surface area is 126 Å². The number of carboxylic acid groups (broad SMARTS) is 1. The number of carbonyl (C=O) groups is 2. The third-order valence-electron chi connectivity index (χ3n) is 4.48. The predicted octanol–water partition coefficient (Wildman–Crippen LogP) is 1.37. The Morgan fingerprint density at radius 1 is 1.24 bits per heavy atom. The highest BCUT2D eigenvalue weighted by atomic mass is 16.4. The molecule has 2 aliphatic rings. The molecule has 0 bridgehead atoms. The average molecular weight is 297 g/mol. The van der Waals surface area contributed by atoms with E-state index < -0.39 is 5.97 Å². The number of hydrogen-bond donors (Lipinski definition) is 2. The Balaban J connectivity index is 1.70. The number of nitrogens with zero attached hydrogens (tertiary/aromatic N) is 2. The molecule has 2 rings (SSSR count). The van der Waals surface area contributed by atoms with Crippen LogP contribution in [-0.4, -0.2) is 65.7 Å². The molecule has 0 radical (unpaired) electrons. The molecule has 0 aromatic rings. The van der Waals surface area contributed by atoms with Crippen LogP contribution in [0.25, 0.3) is 0 Å². The molecule has 0 spiro atoms. The van der Waals surface area contributed by atoms with E-state index in [0.717, 1.165) is 32.6 Å². The molecular formula is C15H27N3O3. The fourth-order valence-corrected chi connectivity index (χ4v) is 3.25. The van der Waals surface area contributed by atoms with Crippen LogP contribution < -0.4 is 5.32 Å². The van der Waals surface area contributed by atoms with Gasteiger partial charge in [0.2, 0.25) is 0 Å². The van der Waals surface area contributed by atoms with Gasteiger partial charge in [-0.3, -0.25) is 9.69 Å². The molecule has 6 heteroatoms. The summed E-state index contributed by atoms with van der Waals surface area (Å²) in [5, 5.41) is 11.6. The predicted molar refractivity (Wildman–Crippen MR) is 80.2 cm³/mol. The van der Waals surface area contributed by atoms with Crippen molar-refractivity contribution in [1.29, 1.82) is 0 Å². The molecule has 2 saturated heterocycles. The summed E-state index contributed by atoms with van der Waals surface area (Å²) < 4.78 is 0. The van der Waals surface area contributed by atoms with Gasteiger partial charge in [-0.25, -0.2) is 4.79 Å². The molecule has 2 heterocycles. The van der Waals surface area contributed by atoms with Crippen LogP contribution in [0.5, 0.6) is 0 Å². The lowest BCUT2D eigenvalue weighted by Crippen LogP contribution is -2.44. The van der Waals surface area contributed by atoms with Crippen molar-refractivity contribution in [3.63, 3.8) is 0 Å². The molecule has 6 nitrogen and oxygen atoms in total. The van der Waals surface area contributed by atoms with Gasteiger partial charge in [0, 0.05) is 32.1 Å². The van der Waals surface area contributed by atoms with E-state index in [4.69, 9.17) is 5.11 Å². The summed E-state index contributed by atoms with van der Waals surface area (Å²) in [6, 6.07) is 0.458. The Morgan fingerprint density at radius 3 is 2.62 bits per heavy atom. The summed E-state index contributed by atoms with van der Waals surface area (Å²) in [7, 11) is 0. The minimum Gasteiger partial charge on any atom is -0.481 e. The van der Waals surface area contributed by atoms with Crippen LogP contribution in [0.4, 0.5) is 4.79 Å². The summed E-state index contributed by atoms with van der Waals surface area (Å²) >= 11 is 0. The van der Waals surface area contributed by atoms with Crippen molar-refractivity contribution in [2.45, 2.75) is 45.1 Å². The highest BCUT2D eigenvalue weighted by Gasteiger charge is 2.30. The van der Waals surface area contributed by atoms with Crippen molar-refractivity contribution in [2.24, 2.45) is 5.92 Å². The zero-order valence-electron chi connectivity index (χ0n) is 12.9. The Bertz CT molecular complexity index is 369. The van der Waals surface area contributed by atoms with Crippen LogP contribution in [0.3, 0.4) is 0 Å². The summed E-state index contributed by atoms with van der Waals surface area (Å²) in [6.07, 6.45) is 5.02. The maximum Gasteiger partial charge on any atom is 0.317 e. The Hall–Kier alpha value is -1.30. The number of urea groups is 1. The fourth-order valence-electron chi connectivity index (χ4n) is 3.25. The Morgan fingerprint density at radius 2 is 1.95 bits per heavy atom. The molecule has 120 valence electrons. The minimum absolute atomic E-state index is 0.0352. The van der Waals surface area contributed by atoms with Gasteiger partial charge in [0.05, 0.1) is 0 Å². The highest BCUT2D eigenvalue weighted by molar-refractivity contribution is 5.74. The number of likely N-dealkylation sites (tertiary alicyclic amines) is 2. The number of rotatable bonds is 5. The molecule has 2 amide bonds. The van der Waals surface area contributed by atoms with Crippen LogP contribution in [0.15, 0.2) is 0 Å². The number of carboxylic acids is 1. The van der Waals surface area contributed by atoms with Gasteiger partial charge in [-0.05, 0) is 38.3 Å². The van der Waals surface area contributed by atoms with Gasteiger partial charge in [0.15, 0.2) is 0 Å². The summed E-state index contributed by atoms with van der Waals surface area (Å²) in [4.78, 5) is 27.1. The van der Waals surface area contributed by atoms with Crippen LogP contribution in [0, 0.1) is 5.92 Å². The molecule has 2 atom stereocenters. The van der Waals surface area contributed by atoms with E-state index in [-0.39, 0.29) is 18.4 Å². The summed E-state index contributed by atoms with van der Waals surface area (Å²) in [6.45, 7) is 6.20. The maximum atomic E-state index is 12.1. The van der Waals surface area contributed by atoms with E-state index in [1.807, 2.05) is 11.8 Å². The van der Waals surface area contributed by atoms with Crippen molar-refractivity contribution in [2.75, 3.05) is 32.7 Å². The fraction of sp³-hybridized carbons (Fsp3) is 0.867. The first kappa shape index (κ1) is 16.1. The third-order valence-corrected chi connectivity index (χ3v) is 4.48. The van der Waals surface area contributed by atoms with E-state index >= 15 is 0 Å². The van der Waals surface area contributed by atoms with Crippen LogP contribution in [0.2, 0.25) is 0 Å². The van der Waals surface area contributed by atoms with Crippen molar-refractivity contribution in [3.8, 4) is 0 Å². The van der Waals surface area contributed by atoms with Gasteiger partial charge in [-0.1, -0.05) is 13.3 Å². The van der Waals surface area contributed by atoms with Crippen LogP contribution in [0.1, 0.15) is 39.0 Å². The van der Waals surface area contributed by atoms with Crippen molar-refractivity contribution >= 4 is 12.0 Å². The normalized spacial score (nSPS) is 24.8. The van der Waals surface area contributed by atoms with E-state index in [1.54, 1.807) is 0 Å². The molecule has 2 N–H and O–H groups in total. The third kappa shape index (κ3) is 4.88. The molecule has 0 aromatic carbocycles. The first-order valence-corrected chi connectivity index (χ1v) is 8.05. The largest absolute Gasteiger partial charge is 0.481 e. The average Bonchev–Trinajstić information content (AvgIpc) is 2.95. The smallest absolute Gasteiger partial charge is 0.317 e. The second kappa shape index (κ2) is 7.64. The van der Waals surface area contributed by atoms with E-state index in [9.17, 15) is 9.59 Å². The number of nitrogens with one attached hydrogen (secondary N) is 1. The monoisotopic (exact) mass is 297 g/mol. The lowest BCUT2D eigenvalue weighted by molar-refractivity contribution is -0.137. The van der Waals surface area contributed by atoms with Gasteiger partial charge in [0.1, 0.15) is 0 Å².